The maximum Gasteiger partial charge on any atom is 0.405 e. The Morgan fingerprint density at radius 2 is 1.88 bits per heavy atom. The molecule has 3 rings (SSSR count). The summed E-state index contributed by atoms with van der Waals surface area (Å²) in [6.45, 7) is 1.73. The zero-order valence-corrected chi connectivity index (χ0v) is 18.4. The monoisotopic (exact) mass is 482 g/mol. The van der Waals surface area contributed by atoms with Crippen LogP contribution in [0.4, 0.5) is 4.79 Å². The third-order valence-corrected chi connectivity index (χ3v) is 5.59. The first kappa shape index (κ1) is 23.6. The van der Waals surface area contributed by atoms with Gasteiger partial charge < -0.3 is 20.1 Å². The van der Waals surface area contributed by atoms with E-state index in [1.54, 1.807) is 36.4 Å². The number of carbonyl (C=O) groups excluding carboxylic acids is 2. The molecule has 1 fully saturated rings. The van der Waals surface area contributed by atoms with Gasteiger partial charge in [-0.1, -0.05) is 35.3 Å². The number of halogens is 2. The molecule has 12 heteroatoms. The molecule has 4 N–H and O–H groups in total. The SMILES string of the molecule is CC(C(=O)NO)N1CCC(NC(=O)O)(c2ccc(OCc3cc(Cl)nc(Cl)c3)cc2)C1=O. The van der Waals surface area contributed by atoms with Crippen molar-refractivity contribution in [3.63, 3.8) is 0 Å². The lowest BCUT2D eigenvalue weighted by Crippen LogP contribution is -2.54. The normalized spacial score (nSPS) is 18.9. The lowest BCUT2D eigenvalue weighted by molar-refractivity contribution is -0.143. The van der Waals surface area contributed by atoms with Gasteiger partial charge in [0.15, 0.2) is 0 Å². The summed E-state index contributed by atoms with van der Waals surface area (Å²) >= 11 is 11.8. The van der Waals surface area contributed by atoms with Gasteiger partial charge >= 0.3 is 6.09 Å². The Morgan fingerprint density at radius 3 is 2.44 bits per heavy atom. The minimum Gasteiger partial charge on any atom is -0.489 e. The molecule has 2 unspecified atom stereocenters. The molecular weight excluding hydrogens is 463 g/mol. The molecule has 170 valence electrons. The number of rotatable bonds is 7. The van der Waals surface area contributed by atoms with E-state index in [0.717, 1.165) is 0 Å². The van der Waals surface area contributed by atoms with E-state index in [1.807, 2.05) is 0 Å². The van der Waals surface area contributed by atoms with Gasteiger partial charge in [0.25, 0.3) is 11.8 Å². The second-order valence-corrected chi connectivity index (χ2v) is 7.94. The predicted molar refractivity (Wildman–Crippen MR) is 114 cm³/mol. The maximum absolute atomic E-state index is 13.2. The lowest BCUT2D eigenvalue weighted by atomic mass is 9.88. The van der Waals surface area contributed by atoms with Crippen molar-refractivity contribution in [3.8, 4) is 5.75 Å². The van der Waals surface area contributed by atoms with Crippen LogP contribution >= 0.6 is 23.2 Å². The minimum atomic E-state index is -1.57. The molecule has 10 nitrogen and oxygen atoms in total. The van der Waals surface area contributed by atoms with Gasteiger partial charge in [-0.15, -0.1) is 0 Å². The molecule has 1 aliphatic heterocycles. The van der Waals surface area contributed by atoms with E-state index >= 15 is 0 Å². The second-order valence-electron chi connectivity index (χ2n) is 7.17. The molecule has 2 aromatic rings. The number of hydrogen-bond donors (Lipinski definition) is 4. The highest BCUT2D eigenvalue weighted by Crippen LogP contribution is 2.35. The van der Waals surface area contributed by atoms with Crippen molar-refractivity contribution >= 4 is 41.1 Å². The summed E-state index contributed by atoms with van der Waals surface area (Å²) in [6, 6.07) is 8.61. The number of hydrogen-bond acceptors (Lipinski definition) is 6. The molecule has 0 spiro atoms. The van der Waals surface area contributed by atoms with E-state index in [1.165, 1.54) is 17.3 Å². The van der Waals surface area contributed by atoms with Gasteiger partial charge in [0, 0.05) is 13.0 Å². The number of benzene rings is 1. The fourth-order valence-electron chi connectivity index (χ4n) is 3.58. The summed E-state index contributed by atoms with van der Waals surface area (Å²) in [5, 5.41) is 21.0. The molecule has 1 aromatic carbocycles. The van der Waals surface area contributed by atoms with Gasteiger partial charge in [-0.3, -0.25) is 14.8 Å². The standard InChI is InChI=1S/C20H20Cl2N4O6/c1-11(17(27)25-31)26-7-6-20(18(26)28,24-19(29)30)13-2-4-14(5-3-13)32-10-12-8-15(21)23-16(22)9-12/h2-5,8-9,11,24,31H,6-7,10H2,1H3,(H,25,27)(H,29,30). The number of likely N-dealkylation sites (tertiary alicyclic amines) is 1. The zero-order chi connectivity index (χ0) is 23.5. The van der Waals surface area contributed by atoms with Gasteiger partial charge in [-0.25, -0.2) is 15.3 Å². The predicted octanol–water partition coefficient (Wildman–Crippen LogP) is 2.56. The fourth-order valence-corrected chi connectivity index (χ4v) is 4.09. The van der Waals surface area contributed by atoms with Crippen LogP contribution in [0.25, 0.3) is 0 Å². The molecule has 1 aromatic heterocycles. The van der Waals surface area contributed by atoms with Crippen molar-refractivity contribution in [3.05, 3.63) is 57.8 Å². The number of nitrogens with zero attached hydrogens (tertiary/aromatic N) is 2. The Morgan fingerprint density at radius 1 is 1.25 bits per heavy atom. The summed E-state index contributed by atoms with van der Waals surface area (Å²) in [4.78, 5) is 41.5. The summed E-state index contributed by atoms with van der Waals surface area (Å²) in [5.41, 5.74) is 1.04. The van der Waals surface area contributed by atoms with Crippen molar-refractivity contribution in [1.82, 2.24) is 20.7 Å². The molecule has 32 heavy (non-hydrogen) atoms. The Labute approximate surface area is 193 Å². The Hall–Kier alpha value is -3.08. The summed E-state index contributed by atoms with van der Waals surface area (Å²) in [7, 11) is 0. The number of pyridine rings is 1. The molecular formula is C20H20Cl2N4O6. The molecule has 3 amide bonds. The van der Waals surface area contributed by atoms with Crippen molar-refractivity contribution in [2.75, 3.05) is 6.54 Å². The third kappa shape index (κ3) is 4.87. The van der Waals surface area contributed by atoms with Crippen LogP contribution in [0.3, 0.4) is 0 Å². The Kier molecular flexibility index (Phi) is 7.07. The van der Waals surface area contributed by atoms with Gasteiger partial charge in [-0.2, -0.15) is 0 Å². The number of ether oxygens (including phenoxy) is 1. The van der Waals surface area contributed by atoms with Gasteiger partial charge in [0.1, 0.15) is 34.2 Å². The largest absolute Gasteiger partial charge is 0.489 e. The van der Waals surface area contributed by atoms with E-state index in [-0.39, 0.29) is 29.9 Å². The topological polar surface area (TPSA) is 141 Å². The molecule has 0 bridgehead atoms. The van der Waals surface area contributed by atoms with Gasteiger partial charge in [0.05, 0.1) is 0 Å². The second kappa shape index (κ2) is 9.60. The first-order valence-electron chi connectivity index (χ1n) is 9.47. The quantitative estimate of drug-likeness (QED) is 0.270. The van der Waals surface area contributed by atoms with E-state index in [9.17, 15) is 19.5 Å². The van der Waals surface area contributed by atoms with Crippen molar-refractivity contribution in [2.24, 2.45) is 0 Å². The van der Waals surface area contributed by atoms with E-state index in [4.69, 9.17) is 33.1 Å². The van der Waals surface area contributed by atoms with Crippen molar-refractivity contribution in [2.45, 2.75) is 31.5 Å². The van der Waals surface area contributed by atoms with E-state index in [2.05, 4.69) is 10.3 Å². The van der Waals surface area contributed by atoms with Crippen LogP contribution in [0.2, 0.25) is 10.3 Å². The lowest BCUT2D eigenvalue weighted by Gasteiger charge is -2.30. The smallest absolute Gasteiger partial charge is 0.405 e. The number of carboxylic acid groups (broad SMARTS) is 1. The van der Waals surface area contributed by atoms with Crippen LogP contribution in [0.15, 0.2) is 36.4 Å². The molecule has 2 heterocycles. The molecule has 2 atom stereocenters. The molecule has 0 saturated carbocycles. The Bertz CT molecular complexity index is 1020. The average Bonchev–Trinajstić information content (AvgIpc) is 3.07. The van der Waals surface area contributed by atoms with Crippen LogP contribution in [0, 0.1) is 0 Å². The van der Waals surface area contributed by atoms with Gasteiger partial charge in [-0.05, 0) is 42.3 Å². The van der Waals surface area contributed by atoms with E-state index in [0.29, 0.717) is 16.9 Å². The highest BCUT2D eigenvalue weighted by molar-refractivity contribution is 6.32. The molecule has 0 aliphatic carbocycles. The molecule has 0 radical (unpaired) electrons. The number of carbonyl (C=O) groups is 3. The van der Waals surface area contributed by atoms with Crippen LogP contribution in [-0.4, -0.2) is 50.7 Å². The minimum absolute atomic E-state index is 0.107. The number of nitrogens with one attached hydrogen (secondary N) is 2. The maximum atomic E-state index is 13.2. The number of amides is 3. The first-order chi connectivity index (χ1) is 15.2. The van der Waals surface area contributed by atoms with Gasteiger partial charge in [0.2, 0.25) is 0 Å². The van der Waals surface area contributed by atoms with E-state index < -0.39 is 29.5 Å². The Balaban J connectivity index is 1.81. The fraction of sp³-hybridized carbons (Fsp3) is 0.300. The third-order valence-electron chi connectivity index (χ3n) is 5.21. The summed E-state index contributed by atoms with van der Waals surface area (Å²) < 4.78 is 5.71. The van der Waals surface area contributed by atoms with Crippen LogP contribution in [0.1, 0.15) is 24.5 Å². The first-order valence-corrected chi connectivity index (χ1v) is 10.2. The summed E-state index contributed by atoms with van der Waals surface area (Å²) in [6.07, 6.45) is -1.28. The summed E-state index contributed by atoms with van der Waals surface area (Å²) in [5.74, 6) is -0.895. The molecule has 1 saturated heterocycles. The number of hydroxylamine groups is 1. The molecule has 1 aliphatic rings. The van der Waals surface area contributed by atoms with Crippen LogP contribution in [0.5, 0.6) is 5.75 Å². The highest BCUT2D eigenvalue weighted by atomic mass is 35.5. The van der Waals surface area contributed by atoms with Crippen LogP contribution in [-0.2, 0) is 21.7 Å². The highest BCUT2D eigenvalue weighted by Gasteiger charge is 2.51. The van der Waals surface area contributed by atoms with Crippen LogP contribution < -0.4 is 15.5 Å². The average molecular weight is 483 g/mol. The number of aromatic nitrogens is 1. The van der Waals surface area contributed by atoms with Crippen molar-refractivity contribution < 1.29 is 29.4 Å². The zero-order valence-electron chi connectivity index (χ0n) is 16.8. The van der Waals surface area contributed by atoms with Crippen molar-refractivity contribution in [1.29, 1.82) is 0 Å².